The number of halogens is 1. The number of carbonyl (C=O) groups excluding carboxylic acids is 1. The van der Waals surface area contributed by atoms with Crippen LogP contribution < -0.4 is 5.32 Å². The van der Waals surface area contributed by atoms with Gasteiger partial charge in [-0.2, -0.15) is 0 Å². The van der Waals surface area contributed by atoms with Crippen LogP contribution in [0.4, 0.5) is 4.39 Å². The van der Waals surface area contributed by atoms with Crippen LogP contribution in [0.5, 0.6) is 0 Å². The zero-order valence-electron chi connectivity index (χ0n) is 10.7. The molecule has 0 saturated heterocycles. The number of aromatic nitrogens is 2. The number of imidazole rings is 1. The van der Waals surface area contributed by atoms with E-state index in [-0.39, 0.29) is 11.7 Å². The molecule has 5 heteroatoms. The van der Waals surface area contributed by atoms with E-state index in [2.05, 4.69) is 15.3 Å². The fraction of sp³-hybridized carbons (Fsp3) is 0.286. The van der Waals surface area contributed by atoms with Crippen molar-refractivity contribution >= 4 is 5.91 Å². The fourth-order valence-corrected chi connectivity index (χ4v) is 1.86. The van der Waals surface area contributed by atoms with E-state index < -0.39 is 0 Å². The zero-order chi connectivity index (χ0) is 13.7. The molecule has 2 N–H and O–H groups in total. The van der Waals surface area contributed by atoms with Crippen molar-refractivity contribution in [3.05, 3.63) is 53.4 Å². The standard InChI is InChI=1S/C14H16FN3O/c1-10-7-11(9-12(15)8-10)14(19)18-4-2-3-13-16-5-6-17-13/h5-9H,2-4H2,1H3,(H,16,17)(H,18,19). The summed E-state index contributed by atoms with van der Waals surface area (Å²) in [5.41, 5.74) is 1.09. The van der Waals surface area contributed by atoms with Crippen molar-refractivity contribution in [3.63, 3.8) is 0 Å². The van der Waals surface area contributed by atoms with Crippen LogP contribution >= 0.6 is 0 Å². The smallest absolute Gasteiger partial charge is 0.251 e. The summed E-state index contributed by atoms with van der Waals surface area (Å²) in [6.07, 6.45) is 5.02. The molecule has 1 heterocycles. The Balaban J connectivity index is 1.80. The highest BCUT2D eigenvalue weighted by Gasteiger charge is 2.07. The van der Waals surface area contributed by atoms with Gasteiger partial charge in [0.25, 0.3) is 5.91 Å². The monoisotopic (exact) mass is 261 g/mol. The van der Waals surface area contributed by atoms with Gasteiger partial charge >= 0.3 is 0 Å². The first-order chi connectivity index (χ1) is 9.15. The second-order valence-electron chi connectivity index (χ2n) is 4.41. The third kappa shape index (κ3) is 3.91. The molecule has 1 aromatic heterocycles. The van der Waals surface area contributed by atoms with Crippen molar-refractivity contribution in [2.24, 2.45) is 0 Å². The number of hydrogen-bond donors (Lipinski definition) is 2. The molecule has 0 atom stereocenters. The molecule has 19 heavy (non-hydrogen) atoms. The highest BCUT2D eigenvalue weighted by Crippen LogP contribution is 2.08. The molecule has 2 aromatic rings. The minimum atomic E-state index is -0.388. The van der Waals surface area contributed by atoms with E-state index in [0.717, 1.165) is 24.2 Å². The average molecular weight is 261 g/mol. The largest absolute Gasteiger partial charge is 0.352 e. The van der Waals surface area contributed by atoms with Gasteiger partial charge in [0.15, 0.2) is 0 Å². The summed E-state index contributed by atoms with van der Waals surface area (Å²) < 4.78 is 13.2. The maximum Gasteiger partial charge on any atom is 0.251 e. The summed E-state index contributed by atoms with van der Waals surface area (Å²) in [4.78, 5) is 18.9. The van der Waals surface area contributed by atoms with Gasteiger partial charge in [0, 0.05) is 30.9 Å². The van der Waals surface area contributed by atoms with Crippen molar-refractivity contribution in [2.45, 2.75) is 19.8 Å². The van der Waals surface area contributed by atoms with Gasteiger partial charge < -0.3 is 10.3 Å². The average Bonchev–Trinajstić information content (AvgIpc) is 2.86. The Hall–Kier alpha value is -2.17. The van der Waals surface area contributed by atoms with Crippen LogP contribution in [-0.4, -0.2) is 22.4 Å². The molecule has 0 radical (unpaired) electrons. The number of aromatic amines is 1. The Morgan fingerprint density at radius 3 is 2.95 bits per heavy atom. The summed E-state index contributed by atoms with van der Waals surface area (Å²) in [5.74, 6) is 0.263. The number of nitrogens with one attached hydrogen (secondary N) is 2. The molecule has 0 saturated carbocycles. The number of H-pyrrole nitrogens is 1. The van der Waals surface area contributed by atoms with E-state index in [1.807, 2.05) is 0 Å². The van der Waals surface area contributed by atoms with Crippen LogP contribution in [-0.2, 0) is 6.42 Å². The van der Waals surface area contributed by atoms with Crippen molar-refractivity contribution in [1.82, 2.24) is 15.3 Å². The van der Waals surface area contributed by atoms with E-state index in [0.29, 0.717) is 12.1 Å². The molecular weight excluding hydrogens is 245 g/mol. The maximum atomic E-state index is 13.2. The quantitative estimate of drug-likeness (QED) is 0.811. The number of aryl methyl sites for hydroxylation is 2. The van der Waals surface area contributed by atoms with E-state index in [1.54, 1.807) is 25.4 Å². The predicted molar refractivity (Wildman–Crippen MR) is 70.4 cm³/mol. The highest BCUT2D eigenvalue weighted by molar-refractivity contribution is 5.94. The van der Waals surface area contributed by atoms with Crippen molar-refractivity contribution < 1.29 is 9.18 Å². The minimum absolute atomic E-state index is 0.248. The molecule has 2 rings (SSSR count). The Morgan fingerprint density at radius 1 is 1.42 bits per heavy atom. The molecule has 0 aliphatic heterocycles. The van der Waals surface area contributed by atoms with Crippen LogP contribution in [0.25, 0.3) is 0 Å². The number of carbonyl (C=O) groups is 1. The summed E-state index contributed by atoms with van der Waals surface area (Å²) in [5, 5.41) is 2.77. The lowest BCUT2D eigenvalue weighted by Crippen LogP contribution is -2.25. The van der Waals surface area contributed by atoms with Crippen LogP contribution in [0.1, 0.15) is 28.2 Å². The van der Waals surface area contributed by atoms with Crippen molar-refractivity contribution in [1.29, 1.82) is 0 Å². The predicted octanol–water partition coefficient (Wildman–Crippen LogP) is 2.22. The van der Waals surface area contributed by atoms with E-state index in [9.17, 15) is 9.18 Å². The van der Waals surface area contributed by atoms with Crippen LogP contribution in [0, 0.1) is 12.7 Å². The Kier molecular flexibility index (Phi) is 4.28. The first-order valence-corrected chi connectivity index (χ1v) is 6.19. The molecule has 1 amide bonds. The Morgan fingerprint density at radius 2 is 2.26 bits per heavy atom. The summed E-state index contributed by atoms with van der Waals surface area (Å²) in [6.45, 7) is 2.30. The molecule has 0 aliphatic rings. The topological polar surface area (TPSA) is 57.8 Å². The first-order valence-electron chi connectivity index (χ1n) is 6.19. The molecule has 0 spiro atoms. The molecule has 0 unspecified atom stereocenters. The number of amides is 1. The van der Waals surface area contributed by atoms with Gasteiger partial charge in [-0.05, 0) is 37.1 Å². The molecule has 0 aliphatic carbocycles. The molecule has 4 nitrogen and oxygen atoms in total. The van der Waals surface area contributed by atoms with E-state index in [4.69, 9.17) is 0 Å². The number of hydrogen-bond acceptors (Lipinski definition) is 2. The second-order valence-corrected chi connectivity index (χ2v) is 4.41. The third-order valence-electron chi connectivity index (χ3n) is 2.74. The molecular formula is C14H16FN3O. The highest BCUT2D eigenvalue weighted by atomic mass is 19.1. The van der Waals surface area contributed by atoms with Gasteiger partial charge in [-0.15, -0.1) is 0 Å². The molecule has 100 valence electrons. The molecule has 1 aromatic carbocycles. The number of nitrogens with zero attached hydrogens (tertiary/aromatic N) is 1. The minimum Gasteiger partial charge on any atom is -0.352 e. The molecule has 0 fully saturated rings. The van der Waals surface area contributed by atoms with E-state index in [1.165, 1.54) is 12.1 Å². The van der Waals surface area contributed by atoms with Crippen molar-refractivity contribution in [2.75, 3.05) is 6.54 Å². The lowest BCUT2D eigenvalue weighted by Gasteiger charge is -2.05. The maximum absolute atomic E-state index is 13.2. The van der Waals surface area contributed by atoms with Crippen LogP contribution in [0.15, 0.2) is 30.6 Å². The van der Waals surface area contributed by atoms with Gasteiger partial charge in [0.05, 0.1) is 0 Å². The Labute approximate surface area is 111 Å². The molecule has 0 bridgehead atoms. The summed E-state index contributed by atoms with van der Waals surface area (Å²) in [6, 6.07) is 4.31. The number of benzene rings is 1. The second kappa shape index (κ2) is 6.13. The summed E-state index contributed by atoms with van der Waals surface area (Å²) in [7, 11) is 0. The number of rotatable bonds is 5. The summed E-state index contributed by atoms with van der Waals surface area (Å²) >= 11 is 0. The van der Waals surface area contributed by atoms with Crippen molar-refractivity contribution in [3.8, 4) is 0 Å². The lowest BCUT2D eigenvalue weighted by atomic mass is 10.1. The van der Waals surface area contributed by atoms with Gasteiger partial charge in [0.2, 0.25) is 0 Å². The van der Waals surface area contributed by atoms with E-state index >= 15 is 0 Å². The van der Waals surface area contributed by atoms with Crippen LogP contribution in [0.3, 0.4) is 0 Å². The SMILES string of the molecule is Cc1cc(F)cc(C(=O)NCCCc2ncc[nH]2)c1. The van der Waals surface area contributed by atoms with Gasteiger partial charge in [-0.25, -0.2) is 9.37 Å². The first kappa shape index (κ1) is 13.3. The third-order valence-corrected chi connectivity index (χ3v) is 2.74. The van der Waals surface area contributed by atoms with Crippen LogP contribution in [0.2, 0.25) is 0 Å². The van der Waals surface area contributed by atoms with Gasteiger partial charge in [-0.1, -0.05) is 0 Å². The normalized spacial score (nSPS) is 10.4. The Bertz CT molecular complexity index is 532. The lowest BCUT2D eigenvalue weighted by molar-refractivity contribution is 0.0952. The fourth-order valence-electron chi connectivity index (χ4n) is 1.86. The van der Waals surface area contributed by atoms with Gasteiger partial charge in [-0.3, -0.25) is 4.79 Å². The van der Waals surface area contributed by atoms with Gasteiger partial charge in [0.1, 0.15) is 11.6 Å². The zero-order valence-corrected chi connectivity index (χ0v) is 10.7.